The molecular formula is C15H22ClN3O4S. The molecule has 1 aromatic heterocycles. The van der Waals surface area contributed by atoms with Crippen LogP contribution in [0.4, 0.5) is 0 Å². The van der Waals surface area contributed by atoms with Crippen LogP contribution in [0.15, 0.2) is 32.3 Å². The summed E-state index contributed by atoms with van der Waals surface area (Å²) in [5.41, 5.74) is 0.880. The monoisotopic (exact) mass is 375 g/mol. The molecule has 0 saturated carbocycles. The quantitative estimate of drug-likeness (QED) is 0.867. The van der Waals surface area contributed by atoms with E-state index in [1.54, 1.807) is 13.1 Å². The highest BCUT2D eigenvalue weighted by atomic mass is 35.5. The zero-order chi connectivity index (χ0) is 16.6. The summed E-state index contributed by atoms with van der Waals surface area (Å²) >= 11 is 0. The molecule has 24 heavy (non-hydrogen) atoms. The van der Waals surface area contributed by atoms with Crippen LogP contribution in [0.1, 0.15) is 12.8 Å². The second-order valence-electron chi connectivity index (χ2n) is 5.96. The van der Waals surface area contributed by atoms with Gasteiger partial charge in [0.1, 0.15) is 0 Å². The lowest BCUT2D eigenvalue weighted by molar-refractivity contribution is 0.270. The van der Waals surface area contributed by atoms with Gasteiger partial charge in [-0.3, -0.25) is 4.57 Å². The van der Waals surface area contributed by atoms with Gasteiger partial charge in [0.05, 0.1) is 10.4 Å². The second-order valence-corrected chi connectivity index (χ2v) is 7.90. The van der Waals surface area contributed by atoms with Crippen LogP contribution < -0.4 is 11.1 Å². The molecule has 0 aliphatic carbocycles. The summed E-state index contributed by atoms with van der Waals surface area (Å²) in [6, 6.07) is 4.58. The van der Waals surface area contributed by atoms with E-state index in [1.807, 2.05) is 7.05 Å². The van der Waals surface area contributed by atoms with Crippen molar-refractivity contribution in [2.45, 2.75) is 17.7 Å². The Kier molecular flexibility index (Phi) is 5.74. The number of sulfonamides is 1. The Labute approximate surface area is 147 Å². The van der Waals surface area contributed by atoms with Crippen molar-refractivity contribution in [3.8, 4) is 0 Å². The van der Waals surface area contributed by atoms with Crippen molar-refractivity contribution in [3.05, 3.63) is 28.7 Å². The van der Waals surface area contributed by atoms with Crippen LogP contribution >= 0.6 is 12.4 Å². The van der Waals surface area contributed by atoms with Crippen molar-refractivity contribution in [1.82, 2.24) is 14.2 Å². The van der Waals surface area contributed by atoms with Crippen molar-refractivity contribution in [2.75, 3.05) is 26.7 Å². The maximum atomic E-state index is 12.8. The zero-order valence-corrected chi connectivity index (χ0v) is 15.3. The normalized spacial score (nSPS) is 17.1. The molecule has 1 fully saturated rings. The second kappa shape index (κ2) is 7.26. The van der Waals surface area contributed by atoms with Gasteiger partial charge in [-0.2, -0.15) is 4.31 Å². The van der Waals surface area contributed by atoms with Crippen LogP contribution in [-0.4, -0.2) is 44.0 Å². The lowest BCUT2D eigenvalue weighted by atomic mass is 9.98. The number of aryl methyl sites for hydroxylation is 1. The molecule has 1 N–H and O–H groups in total. The third kappa shape index (κ3) is 3.37. The standard InChI is InChI=1S/C15H21N3O4S.ClH/c1-16-10-11-5-7-18(8-6-11)23(20,21)12-3-4-13-14(9-12)22-15(19)17(13)2;/h3-4,9,11,16H,5-8,10H2,1-2H3;1H. The molecule has 2 aromatic rings. The van der Waals surface area contributed by atoms with Crippen molar-refractivity contribution in [2.24, 2.45) is 13.0 Å². The lowest BCUT2D eigenvalue weighted by Crippen LogP contribution is -2.40. The maximum Gasteiger partial charge on any atom is 0.419 e. The Morgan fingerprint density at radius 2 is 1.96 bits per heavy atom. The Bertz CT molecular complexity index is 866. The minimum absolute atomic E-state index is 0. The number of benzene rings is 1. The predicted octanol–water partition coefficient (Wildman–Crippen LogP) is 1.17. The van der Waals surface area contributed by atoms with Crippen LogP contribution in [-0.2, 0) is 17.1 Å². The van der Waals surface area contributed by atoms with Gasteiger partial charge in [0.15, 0.2) is 5.58 Å². The summed E-state index contributed by atoms with van der Waals surface area (Å²) in [5.74, 6) is 0.0171. The first-order chi connectivity index (χ1) is 10.9. The molecule has 0 amide bonds. The molecule has 0 radical (unpaired) electrons. The molecule has 2 heterocycles. The van der Waals surface area contributed by atoms with Gasteiger partial charge in [-0.1, -0.05) is 0 Å². The first kappa shape index (κ1) is 19.0. The highest BCUT2D eigenvalue weighted by Crippen LogP contribution is 2.25. The third-order valence-electron chi connectivity index (χ3n) is 4.47. The third-order valence-corrected chi connectivity index (χ3v) is 6.36. The van der Waals surface area contributed by atoms with E-state index in [0.717, 1.165) is 19.4 Å². The summed E-state index contributed by atoms with van der Waals surface area (Å²) in [6.07, 6.45) is 1.70. The van der Waals surface area contributed by atoms with Crippen molar-refractivity contribution < 1.29 is 12.8 Å². The molecule has 0 spiro atoms. The van der Waals surface area contributed by atoms with Gasteiger partial charge in [-0.25, -0.2) is 13.2 Å². The Balaban J connectivity index is 0.00000208. The first-order valence-electron chi connectivity index (χ1n) is 7.68. The largest absolute Gasteiger partial charge is 0.419 e. The number of halogens is 1. The fraction of sp³-hybridized carbons (Fsp3) is 0.533. The van der Waals surface area contributed by atoms with E-state index in [4.69, 9.17) is 4.42 Å². The van der Waals surface area contributed by atoms with Crippen LogP contribution in [0.5, 0.6) is 0 Å². The van der Waals surface area contributed by atoms with Gasteiger partial charge in [0.2, 0.25) is 10.0 Å². The number of hydrogen-bond acceptors (Lipinski definition) is 5. The summed E-state index contributed by atoms with van der Waals surface area (Å²) in [4.78, 5) is 11.7. The van der Waals surface area contributed by atoms with Crippen molar-refractivity contribution in [3.63, 3.8) is 0 Å². The first-order valence-corrected chi connectivity index (χ1v) is 9.12. The van der Waals surface area contributed by atoms with E-state index in [1.165, 1.54) is 21.0 Å². The number of oxazole rings is 1. The highest BCUT2D eigenvalue weighted by molar-refractivity contribution is 7.89. The van der Waals surface area contributed by atoms with Crippen LogP contribution in [0.3, 0.4) is 0 Å². The average Bonchev–Trinajstić information content (AvgIpc) is 2.82. The maximum absolute atomic E-state index is 12.8. The van der Waals surface area contributed by atoms with Gasteiger partial charge >= 0.3 is 5.76 Å². The molecule has 3 rings (SSSR count). The molecular weight excluding hydrogens is 354 g/mol. The molecule has 1 aliphatic rings. The predicted molar refractivity (Wildman–Crippen MR) is 94.1 cm³/mol. The molecule has 1 saturated heterocycles. The Morgan fingerprint density at radius 1 is 1.29 bits per heavy atom. The van der Waals surface area contributed by atoms with Gasteiger partial charge in [-0.15, -0.1) is 12.4 Å². The number of aromatic nitrogens is 1. The van der Waals surface area contributed by atoms with Gasteiger partial charge in [0.25, 0.3) is 0 Å². The van der Waals surface area contributed by atoms with E-state index in [-0.39, 0.29) is 17.3 Å². The molecule has 7 nitrogen and oxygen atoms in total. The number of fused-ring (bicyclic) bond motifs is 1. The molecule has 0 atom stereocenters. The van der Waals surface area contributed by atoms with E-state index < -0.39 is 15.8 Å². The fourth-order valence-electron chi connectivity index (χ4n) is 3.07. The van der Waals surface area contributed by atoms with E-state index >= 15 is 0 Å². The summed E-state index contributed by atoms with van der Waals surface area (Å²) in [5, 5.41) is 3.14. The van der Waals surface area contributed by atoms with Crippen LogP contribution in [0.2, 0.25) is 0 Å². The van der Waals surface area contributed by atoms with E-state index in [9.17, 15) is 13.2 Å². The Morgan fingerprint density at radius 3 is 2.58 bits per heavy atom. The van der Waals surface area contributed by atoms with Gasteiger partial charge in [0, 0.05) is 26.2 Å². The topological polar surface area (TPSA) is 84.6 Å². The molecule has 9 heteroatoms. The molecule has 1 aromatic carbocycles. The SMILES string of the molecule is CNCC1CCN(S(=O)(=O)c2ccc3c(c2)oc(=O)n3C)CC1.Cl. The Hall–Kier alpha value is -1.35. The molecule has 0 unspecified atom stereocenters. The number of nitrogens with zero attached hydrogens (tertiary/aromatic N) is 2. The summed E-state index contributed by atoms with van der Waals surface area (Å²) in [6.45, 7) is 1.95. The average molecular weight is 376 g/mol. The zero-order valence-electron chi connectivity index (χ0n) is 13.7. The number of piperidine rings is 1. The molecule has 1 aliphatic heterocycles. The fourth-order valence-corrected chi connectivity index (χ4v) is 4.55. The number of hydrogen-bond donors (Lipinski definition) is 1. The summed E-state index contributed by atoms with van der Waals surface area (Å²) < 4.78 is 33.5. The van der Waals surface area contributed by atoms with E-state index in [2.05, 4.69) is 5.32 Å². The minimum Gasteiger partial charge on any atom is -0.408 e. The highest BCUT2D eigenvalue weighted by Gasteiger charge is 2.29. The van der Waals surface area contributed by atoms with Gasteiger partial charge in [-0.05, 0) is 44.5 Å². The van der Waals surface area contributed by atoms with Crippen LogP contribution in [0, 0.1) is 5.92 Å². The smallest absolute Gasteiger partial charge is 0.408 e. The number of nitrogens with one attached hydrogen (secondary N) is 1. The van der Waals surface area contributed by atoms with E-state index in [0.29, 0.717) is 30.1 Å². The van der Waals surface area contributed by atoms with Crippen molar-refractivity contribution >= 4 is 33.5 Å². The lowest BCUT2D eigenvalue weighted by Gasteiger charge is -2.31. The van der Waals surface area contributed by atoms with Crippen molar-refractivity contribution in [1.29, 1.82) is 0 Å². The number of rotatable bonds is 4. The van der Waals surface area contributed by atoms with Gasteiger partial charge < -0.3 is 9.73 Å². The molecule has 134 valence electrons. The summed E-state index contributed by atoms with van der Waals surface area (Å²) in [7, 11) is -0.0530. The minimum atomic E-state index is -3.55. The molecule has 0 bridgehead atoms. The van der Waals surface area contributed by atoms with Crippen LogP contribution in [0.25, 0.3) is 11.1 Å².